The van der Waals surface area contributed by atoms with Gasteiger partial charge in [-0.25, -0.2) is 0 Å². The predicted octanol–water partition coefficient (Wildman–Crippen LogP) is 2.49. The molecule has 0 aliphatic rings. The first-order valence-corrected chi connectivity index (χ1v) is 5.85. The molecule has 92 valence electrons. The third-order valence-corrected chi connectivity index (χ3v) is 1.32. The quantitative estimate of drug-likeness (QED) is 0.423. The molecule has 0 aromatic heterocycles. The number of hydrogen-bond donors (Lipinski definition) is 0. The average molecular weight is 377 g/mol. The molecule has 0 bridgehead atoms. The van der Waals surface area contributed by atoms with Crippen molar-refractivity contribution in [3.63, 3.8) is 0 Å². The maximum atomic E-state index is 4.74. The van der Waals surface area contributed by atoms with Crippen molar-refractivity contribution in [2.24, 2.45) is 0 Å². The van der Waals surface area contributed by atoms with Crippen LogP contribution in [-0.2, 0) is 55.2 Å². The Bertz CT molecular complexity index is 149. The molecule has 0 heterocycles. The summed E-state index contributed by atoms with van der Waals surface area (Å²) >= 11 is 17.8. The van der Waals surface area contributed by atoms with E-state index in [1.54, 1.807) is 0 Å². The van der Waals surface area contributed by atoms with Gasteiger partial charge in [0.25, 0.3) is 0 Å². The van der Waals surface area contributed by atoms with E-state index in [1.807, 2.05) is 13.8 Å². The summed E-state index contributed by atoms with van der Waals surface area (Å²) in [5, 5.41) is 0. The fourth-order valence-electron chi connectivity index (χ4n) is 0.371. The zero-order valence-electron chi connectivity index (χ0n) is 8.59. The Morgan fingerprint density at radius 1 is 0.933 bits per heavy atom. The van der Waals surface area contributed by atoms with Crippen LogP contribution in [0.15, 0.2) is 0 Å². The molecule has 0 aromatic carbocycles. The Kier molecular flexibility index (Phi) is 24.4. The van der Waals surface area contributed by atoms with Gasteiger partial charge in [-0.15, -0.1) is 0 Å². The zero-order valence-corrected chi connectivity index (χ0v) is 13.4. The van der Waals surface area contributed by atoms with Crippen molar-refractivity contribution < 1.29 is 29.9 Å². The van der Waals surface area contributed by atoms with Gasteiger partial charge in [-0.05, 0) is 12.8 Å². The zero-order chi connectivity index (χ0) is 11.4. The second kappa shape index (κ2) is 17.3. The van der Waals surface area contributed by atoms with Gasteiger partial charge in [0, 0.05) is 8.77 Å². The third-order valence-electron chi connectivity index (χ3n) is 0.848. The van der Waals surface area contributed by atoms with Crippen molar-refractivity contribution >= 4 is 58.5 Å². The van der Waals surface area contributed by atoms with Gasteiger partial charge in [0.05, 0.1) is 13.2 Å². The number of rotatable bonds is 4. The van der Waals surface area contributed by atoms with Crippen LogP contribution < -0.4 is 0 Å². The summed E-state index contributed by atoms with van der Waals surface area (Å²) in [6.07, 6.45) is 1.94. The number of hydrogen-bond acceptors (Lipinski definition) is 6. The number of thiocarbonyl (C=S) groups is 2. The molecular weight excluding hydrogens is 363 g/mol. The van der Waals surface area contributed by atoms with Gasteiger partial charge in [-0.2, -0.15) is 0 Å². The Morgan fingerprint density at radius 2 is 1.20 bits per heavy atom. The van der Waals surface area contributed by atoms with Crippen molar-refractivity contribution in [2.75, 3.05) is 13.2 Å². The summed E-state index contributed by atoms with van der Waals surface area (Å²) in [6.45, 7) is 5.33. The summed E-state index contributed by atoms with van der Waals surface area (Å²) in [5.74, 6) is 0. The average Bonchev–Trinajstić information content (AvgIpc) is 2.12. The van der Waals surface area contributed by atoms with Crippen molar-refractivity contribution in [3.05, 3.63) is 0 Å². The SMILES string of the molecule is CCCOC(=S)[S-].CCCOC(=S)[S-].[Pd+2]. The first-order chi connectivity index (χ1) is 6.54. The molecule has 15 heavy (non-hydrogen) atoms. The van der Waals surface area contributed by atoms with Crippen molar-refractivity contribution in [2.45, 2.75) is 26.7 Å². The van der Waals surface area contributed by atoms with Gasteiger partial charge in [0.2, 0.25) is 0 Å². The molecule has 0 unspecified atom stereocenters. The van der Waals surface area contributed by atoms with Gasteiger partial charge < -0.3 is 59.2 Å². The van der Waals surface area contributed by atoms with E-state index in [0.29, 0.717) is 13.2 Å². The summed E-state index contributed by atoms with van der Waals surface area (Å²) in [6, 6.07) is 0. The molecule has 0 atom stereocenters. The van der Waals surface area contributed by atoms with Crippen LogP contribution >= 0.6 is 24.4 Å². The number of ether oxygens (including phenoxy) is 2. The van der Waals surface area contributed by atoms with Crippen LogP contribution in [0.3, 0.4) is 0 Å². The molecule has 0 spiro atoms. The van der Waals surface area contributed by atoms with Crippen LogP contribution in [0.25, 0.3) is 0 Å². The molecule has 0 aliphatic carbocycles. The second-order valence-electron chi connectivity index (χ2n) is 2.20. The summed E-state index contributed by atoms with van der Waals surface area (Å²) < 4.78 is 9.92. The molecule has 0 N–H and O–H groups in total. The van der Waals surface area contributed by atoms with Gasteiger partial charge in [-0.1, -0.05) is 13.8 Å². The van der Waals surface area contributed by atoms with Crippen LogP contribution in [0.4, 0.5) is 0 Å². The fourth-order valence-corrected chi connectivity index (χ4v) is 0.704. The van der Waals surface area contributed by atoms with Crippen LogP contribution in [0.1, 0.15) is 26.7 Å². The third kappa shape index (κ3) is 31.3. The largest absolute Gasteiger partial charge is 2.00 e. The maximum Gasteiger partial charge on any atom is 2.00 e. The van der Waals surface area contributed by atoms with Crippen LogP contribution in [0.2, 0.25) is 0 Å². The molecule has 7 heteroatoms. The van der Waals surface area contributed by atoms with Gasteiger partial charge in [-0.3, -0.25) is 0 Å². The van der Waals surface area contributed by atoms with Crippen molar-refractivity contribution in [1.82, 2.24) is 0 Å². The van der Waals surface area contributed by atoms with E-state index in [0.717, 1.165) is 12.8 Å². The van der Waals surface area contributed by atoms with Crippen LogP contribution in [0, 0.1) is 0 Å². The maximum absolute atomic E-state index is 4.74. The molecule has 0 fully saturated rings. The Balaban J connectivity index is -0.000000180. The van der Waals surface area contributed by atoms with E-state index in [4.69, 9.17) is 9.47 Å². The topological polar surface area (TPSA) is 18.5 Å². The predicted molar refractivity (Wildman–Crippen MR) is 72.4 cm³/mol. The van der Waals surface area contributed by atoms with Gasteiger partial charge >= 0.3 is 20.4 Å². The van der Waals surface area contributed by atoms with Crippen molar-refractivity contribution in [3.8, 4) is 0 Å². The summed E-state index contributed by atoms with van der Waals surface area (Å²) in [5.41, 5.74) is 0. The Hall–Kier alpha value is 0.882. The minimum atomic E-state index is 0. The molecule has 0 saturated carbocycles. The minimum absolute atomic E-state index is 0. The molecular formula is C8H14O2PdS4. The molecule has 2 nitrogen and oxygen atoms in total. The normalized spacial score (nSPS) is 7.60. The van der Waals surface area contributed by atoms with Crippen molar-refractivity contribution in [1.29, 1.82) is 0 Å². The van der Waals surface area contributed by atoms with Gasteiger partial charge in [0.1, 0.15) is 0 Å². The summed E-state index contributed by atoms with van der Waals surface area (Å²) in [7, 11) is 0. The fraction of sp³-hybridized carbons (Fsp3) is 0.750. The molecule has 0 aliphatic heterocycles. The first kappa shape index (κ1) is 21.2. The standard InChI is InChI=1S/2C4H8OS2.Pd/c2*1-2-3-5-4(6)7;/h2*2-3H2,1H3,(H,6,7);/q;;+2/p-2. The van der Waals surface area contributed by atoms with E-state index in [9.17, 15) is 0 Å². The second-order valence-corrected chi connectivity index (χ2v) is 4.20. The van der Waals surface area contributed by atoms with Gasteiger partial charge in [0.15, 0.2) is 0 Å². The van der Waals surface area contributed by atoms with Crippen LogP contribution in [-0.4, -0.2) is 22.0 Å². The molecule has 0 radical (unpaired) electrons. The Morgan fingerprint density at radius 3 is 1.27 bits per heavy atom. The molecule has 0 rings (SSSR count). The van der Waals surface area contributed by atoms with E-state index >= 15 is 0 Å². The van der Waals surface area contributed by atoms with E-state index < -0.39 is 0 Å². The molecule has 0 saturated heterocycles. The minimum Gasteiger partial charge on any atom is -0.514 e. The Labute approximate surface area is 127 Å². The molecule has 0 aromatic rings. The van der Waals surface area contributed by atoms with E-state index in [-0.39, 0.29) is 29.2 Å². The van der Waals surface area contributed by atoms with E-state index in [1.165, 1.54) is 0 Å². The molecule has 0 amide bonds. The van der Waals surface area contributed by atoms with Crippen LogP contribution in [0.5, 0.6) is 0 Å². The summed E-state index contributed by atoms with van der Waals surface area (Å²) in [4.78, 5) is 0. The first-order valence-electron chi connectivity index (χ1n) is 4.22. The van der Waals surface area contributed by atoms with E-state index in [2.05, 4.69) is 49.7 Å². The smallest absolute Gasteiger partial charge is 0.514 e. The monoisotopic (exact) mass is 376 g/mol.